The van der Waals surface area contributed by atoms with Gasteiger partial charge in [0.2, 0.25) is 0 Å². The quantitative estimate of drug-likeness (QED) is 0.815. The van der Waals surface area contributed by atoms with Crippen molar-refractivity contribution < 1.29 is 18.7 Å². The Morgan fingerprint density at radius 3 is 2.00 bits per heavy atom. The van der Waals surface area contributed by atoms with Gasteiger partial charge in [0.05, 0.1) is 5.56 Å². The van der Waals surface area contributed by atoms with E-state index in [1.165, 1.54) is 0 Å². The molecule has 0 saturated carbocycles. The first-order valence-corrected chi connectivity index (χ1v) is 7.30. The molecular weight excluding hydrogens is 276 g/mol. The predicted octanol–water partition coefficient (Wildman–Crippen LogP) is 4.31. The molecule has 3 nitrogen and oxygen atoms in total. The lowest BCUT2D eigenvalue weighted by atomic mass is 10.0. The number of hydrogen-bond donors (Lipinski definition) is 1. The molecule has 0 aromatic heterocycles. The average Bonchev–Trinajstić information content (AvgIpc) is 2.38. The summed E-state index contributed by atoms with van der Waals surface area (Å²) in [6.45, 7) is 8.44. The second-order valence-electron chi connectivity index (χ2n) is 5.61. The van der Waals surface area contributed by atoms with E-state index in [-0.39, 0.29) is 23.2 Å². The van der Waals surface area contributed by atoms with Crippen molar-refractivity contribution in [1.82, 2.24) is 0 Å². The van der Waals surface area contributed by atoms with Gasteiger partial charge < -0.3 is 10.0 Å². The van der Waals surface area contributed by atoms with Gasteiger partial charge in [0, 0.05) is 12.6 Å². The molecule has 0 aliphatic heterocycles. The standard InChI is InChI=1S/C16H23F2NO2/c1-5-12(6-2)19(9-10(3)4)15-13(17)7-11(16(20)21)8-14(15)18/h7-8,10,12H,5-6,9H2,1-4H3,(H,20,21). The third-order valence-electron chi connectivity index (χ3n) is 3.50. The number of halogens is 2. The first-order valence-electron chi connectivity index (χ1n) is 7.30. The average molecular weight is 299 g/mol. The van der Waals surface area contributed by atoms with Crippen molar-refractivity contribution in [2.24, 2.45) is 5.92 Å². The number of hydrogen-bond acceptors (Lipinski definition) is 2. The zero-order valence-electron chi connectivity index (χ0n) is 13.0. The summed E-state index contributed by atoms with van der Waals surface area (Å²) < 4.78 is 28.5. The molecule has 0 aliphatic rings. The summed E-state index contributed by atoms with van der Waals surface area (Å²) in [7, 11) is 0. The Morgan fingerprint density at radius 1 is 1.19 bits per heavy atom. The summed E-state index contributed by atoms with van der Waals surface area (Å²) in [6, 6.07) is 1.79. The highest BCUT2D eigenvalue weighted by Gasteiger charge is 2.25. The summed E-state index contributed by atoms with van der Waals surface area (Å²) in [6.07, 6.45) is 1.53. The minimum atomic E-state index is -1.34. The monoisotopic (exact) mass is 299 g/mol. The second kappa shape index (κ2) is 7.38. The van der Waals surface area contributed by atoms with E-state index in [9.17, 15) is 13.6 Å². The van der Waals surface area contributed by atoms with E-state index in [2.05, 4.69) is 0 Å². The van der Waals surface area contributed by atoms with E-state index in [1.807, 2.05) is 27.7 Å². The number of carboxylic acids is 1. The van der Waals surface area contributed by atoms with Crippen LogP contribution in [-0.2, 0) is 0 Å². The van der Waals surface area contributed by atoms with Crippen LogP contribution in [0.15, 0.2) is 12.1 Å². The lowest BCUT2D eigenvalue weighted by Crippen LogP contribution is -2.38. The van der Waals surface area contributed by atoms with Crippen molar-refractivity contribution in [3.05, 3.63) is 29.3 Å². The van der Waals surface area contributed by atoms with Crippen LogP contribution in [0, 0.1) is 17.6 Å². The zero-order valence-corrected chi connectivity index (χ0v) is 13.0. The fourth-order valence-electron chi connectivity index (χ4n) is 2.51. The van der Waals surface area contributed by atoms with Gasteiger partial charge in [0.1, 0.15) is 17.3 Å². The van der Waals surface area contributed by atoms with Crippen molar-refractivity contribution in [3.8, 4) is 0 Å². The number of rotatable bonds is 7. The minimum Gasteiger partial charge on any atom is -0.478 e. The van der Waals surface area contributed by atoms with Crippen LogP contribution in [0.25, 0.3) is 0 Å². The van der Waals surface area contributed by atoms with Gasteiger partial charge in [0.25, 0.3) is 0 Å². The van der Waals surface area contributed by atoms with Gasteiger partial charge in [-0.3, -0.25) is 0 Å². The highest BCUT2D eigenvalue weighted by molar-refractivity contribution is 5.88. The second-order valence-corrected chi connectivity index (χ2v) is 5.61. The SMILES string of the molecule is CCC(CC)N(CC(C)C)c1c(F)cc(C(=O)O)cc1F. The van der Waals surface area contributed by atoms with Gasteiger partial charge in [-0.1, -0.05) is 27.7 Å². The molecule has 0 spiro atoms. The van der Waals surface area contributed by atoms with Gasteiger partial charge in [-0.25, -0.2) is 13.6 Å². The molecule has 0 radical (unpaired) electrons. The van der Waals surface area contributed by atoms with Gasteiger partial charge >= 0.3 is 5.97 Å². The Kier molecular flexibility index (Phi) is 6.12. The molecule has 1 aromatic rings. The van der Waals surface area contributed by atoms with Gasteiger partial charge in [0.15, 0.2) is 0 Å². The number of aromatic carboxylic acids is 1. The summed E-state index contributed by atoms with van der Waals surface area (Å²) in [4.78, 5) is 12.6. The maximum atomic E-state index is 14.3. The molecule has 1 aromatic carbocycles. The molecule has 0 fully saturated rings. The Morgan fingerprint density at radius 2 is 1.67 bits per heavy atom. The van der Waals surface area contributed by atoms with E-state index in [4.69, 9.17) is 5.11 Å². The highest BCUT2D eigenvalue weighted by Crippen LogP contribution is 2.29. The topological polar surface area (TPSA) is 40.5 Å². The summed E-state index contributed by atoms with van der Waals surface area (Å²) in [5, 5.41) is 8.86. The van der Waals surface area contributed by atoms with Crippen LogP contribution in [-0.4, -0.2) is 23.7 Å². The molecule has 0 saturated heterocycles. The van der Waals surface area contributed by atoms with E-state index in [0.717, 1.165) is 25.0 Å². The van der Waals surface area contributed by atoms with Gasteiger partial charge in [-0.05, 0) is 30.9 Å². The number of anilines is 1. The first-order chi connectivity index (χ1) is 9.81. The van der Waals surface area contributed by atoms with E-state index < -0.39 is 17.6 Å². The maximum Gasteiger partial charge on any atom is 0.335 e. The third kappa shape index (κ3) is 4.16. The molecule has 0 atom stereocenters. The Labute approximate surface area is 124 Å². The molecule has 1 rings (SSSR count). The van der Waals surface area contributed by atoms with E-state index in [0.29, 0.717) is 6.54 Å². The smallest absolute Gasteiger partial charge is 0.335 e. The number of nitrogens with zero attached hydrogens (tertiary/aromatic N) is 1. The van der Waals surface area contributed by atoms with Gasteiger partial charge in [-0.15, -0.1) is 0 Å². The van der Waals surface area contributed by atoms with Crippen molar-refractivity contribution in [2.45, 2.75) is 46.6 Å². The lowest BCUT2D eigenvalue weighted by Gasteiger charge is -2.34. The van der Waals surface area contributed by atoms with Crippen LogP contribution in [0.5, 0.6) is 0 Å². The Balaban J connectivity index is 3.33. The molecule has 118 valence electrons. The van der Waals surface area contributed by atoms with Crippen LogP contribution in [0.4, 0.5) is 14.5 Å². The fourth-order valence-corrected chi connectivity index (χ4v) is 2.51. The normalized spacial score (nSPS) is 11.2. The molecule has 5 heteroatoms. The first kappa shape index (κ1) is 17.4. The van der Waals surface area contributed by atoms with Crippen molar-refractivity contribution in [3.63, 3.8) is 0 Å². The van der Waals surface area contributed by atoms with Crippen LogP contribution in [0.2, 0.25) is 0 Å². The van der Waals surface area contributed by atoms with E-state index >= 15 is 0 Å². The molecule has 21 heavy (non-hydrogen) atoms. The van der Waals surface area contributed by atoms with Crippen LogP contribution < -0.4 is 4.90 Å². The molecule has 0 aliphatic carbocycles. The molecule has 0 heterocycles. The largest absolute Gasteiger partial charge is 0.478 e. The molecule has 0 amide bonds. The molecule has 0 unspecified atom stereocenters. The van der Waals surface area contributed by atoms with Crippen LogP contribution in [0.1, 0.15) is 50.9 Å². The Bertz CT molecular complexity index is 476. The van der Waals surface area contributed by atoms with Crippen molar-refractivity contribution in [2.75, 3.05) is 11.4 Å². The predicted molar refractivity (Wildman–Crippen MR) is 79.9 cm³/mol. The van der Waals surface area contributed by atoms with Crippen LogP contribution in [0.3, 0.4) is 0 Å². The minimum absolute atomic E-state index is 0.0204. The fraction of sp³-hybridized carbons (Fsp3) is 0.562. The summed E-state index contributed by atoms with van der Waals surface area (Å²) in [5.41, 5.74) is -0.495. The number of carboxylic acid groups (broad SMARTS) is 1. The number of carbonyl (C=O) groups is 1. The molecule has 1 N–H and O–H groups in total. The summed E-state index contributed by atoms with van der Waals surface area (Å²) in [5.74, 6) is -2.74. The van der Waals surface area contributed by atoms with Crippen LogP contribution >= 0.6 is 0 Å². The molecule has 0 bridgehead atoms. The van der Waals surface area contributed by atoms with Crippen molar-refractivity contribution >= 4 is 11.7 Å². The van der Waals surface area contributed by atoms with Crippen molar-refractivity contribution in [1.29, 1.82) is 0 Å². The number of benzene rings is 1. The lowest BCUT2D eigenvalue weighted by molar-refractivity contribution is 0.0695. The highest BCUT2D eigenvalue weighted by atomic mass is 19.1. The third-order valence-corrected chi connectivity index (χ3v) is 3.50. The van der Waals surface area contributed by atoms with E-state index in [1.54, 1.807) is 4.90 Å². The van der Waals surface area contributed by atoms with Gasteiger partial charge in [-0.2, -0.15) is 0 Å². The molecular formula is C16H23F2NO2. The maximum absolute atomic E-state index is 14.3. The summed E-state index contributed by atoms with van der Waals surface area (Å²) >= 11 is 0. The Hall–Kier alpha value is -1.65. The zero-order chi connectivity index (χ0) is 16.2.